The van der Waals surface area contributed by atoms with Gasteiger partial charge in [0.2, 0.25) is 0 Å². The Balaban J connectivity index is 2.43. The summed E-state index contributed by atoms with van der Waals surface area (Å²) in [5, 5.41) is 10.5. The number of hydrogen-bond donors (Lipinski definition) is 1. The second-order valence-corrected chi connectivity index (χ2v) is 5.00. The maximum atomic E-state index is 13.5. The van der Waals surface area contributed by atoms with Crippen LogP contribution in [0.1, 0.15) is 28.4 Å². The first-order chi connectivity index (χ1) is 9.71. The summed E-state index contributed by atoms with van der Waals surface area (Å²) in [6, 6.07) is 7.24. The van der Waals surface area contributed by atoms with Gasteiger partial charge in [-0.15, -0.1) is 0 Å². The van der Waals surface area contributed by atoms with E-state index in [9.17, 15) is 22.7 Å². The lowest BCUT2D eigenvalue weighted by Gasteiger charge is -2.16. The summed E-state index contributed by atoms with van der Waals surface area (Å²) in [5.74, 6) is -1.43. The molecule has 0 heterocycles. The quantitative estimate of drug-likeness (QED) is 0.782. The average molecular weight is 319 g/mol. The number of aliphatic hydroxyl groups excluding tert-OH is 1. The molecule has 2 rings (SSSR count). The minimum atomic E-state index is -4.77. The van der Waals surface area contributed by atoms with E-state index in [0.29, 0.717) is 28.3 Å². The Kier molecular flexibility index (Phi) is 4.25. The van der Waals surface area contributed by atoms with Gasteiger partial charge in [0.25, 0.3) is 0 Å². The molecule has 0 saturated heterocycles. The first kappa shape index (κ1) is 15.8. The molecule has 1 atom stereocenters. The fraction of sp³-hybridized carbons (Fsp3) is 0.200. The summed E-state index contributed by atoms with van der Waals surface area (Å²) in [6.07, 6.45) is -6.07. The van der Waals surface area contributed by atoms with Gasteiger partial charge in [-0.1, -0.05) is 35.9 Å². The number of benzene rings is 2. The highest BCUT2D eigenvalue weighted by Crippen LogP contribution is 2.35. The number of rotatable bonds is 2. The van der Waals surface area contributed by atoms with E-state index in [0.717, 1.165) is 6.07 Å². The van der Waals surface area contributed by atoms with Gasteiger partial charge in [0.1, 0.15) is 11.9 Å². The molecule has 0 saturated carbocycles. The summed E-state index contributed by atoms with van der Waals surface area (Å²) in [5.41, 5.74) is -0.335. The molecular weight excluding hydrogens is 308 g/mol. The Morgan fingerprint density at radius 3 is 2.38 bits per heavy atom. The van der Waals surface area contributed by atoms with E-state index in [1.807, 2.05) is 0 Å². The third-order valence-corrected chi connectivity index (χ3v) is 3.65. The molecule has 0 aliphatic heterocycles. The van der Waals surface area contributed by atoms with Crippen molar-refractivity contribution in [2.45, 2.75) is 19.2 Å². The summed E-state index contributed by atoms with van der Waals surface area (Å²) >= 11 is 6.05. The number of aliphatic hydroxyl groups is 1. The van der Waals surface area contributed by atoms with Crippen molar-refractivity contribution in [1.82, 2.24) is 0 Å². The van der Waals surface area contributed by atoms with Crippen LogP contribution in [-0.2, 0) is 6.18 Å². The predicted molar refractivity (Wildman–Crippen MR) is 71.7 cm³/mol. The van der Waals surface area contributed by atoms with E-state index >= 15 is 0 Å². The average Bonchev–Trinajstić information content (AvgIpc) is 2.39. The van der Waals surface area contributed by atoms with Gasteiger partial charge in [-0.3, -0.25) is 0 Å². The number of aryl methyl sites for hydroxylation is 1. The van der Waals surface area contributed by atoms with Crippen LogP contribution in [0.25, 0.3) is 0 Å². The van der Waals surface area contributed by atoms with Crippen molar-refractivity contribution in [3.63, 3.8) is 0 Å². The van der Waals surface area contributed by atoms with E-state index in [2.05, 4.69) is 0 Å². The van der Waals surface area contributed by atoms with Gasteiger partial charge in [-0.2, -0.15) is 13.2 Å². The van der Waals surface area contributed by atoms with Crippen LogP contribution in [0.5, 0.6) is 0 Å². The van der Waals surface area contributed by atoms with Crippen molar-refractivity contribution >= 4 is 11.6 Å². The monoisotopic (exact) mass is 318 g/mol. The molecule has 0 aromatic heterocycles. The maximum Gasteiger partial charge on any atom is 0.419 e. The SMILES string of the molecule is Cc1cccc(C(O)c2ccc(C(F)(F)F)c(F)c2)c1Cl. The highest BCUT2D eigenvalue weighted by molar-refractivity contribution is 6.32. The molecule has 1 N–H and O–H groups in total. The molecule has 112 valence electrons. The third-order valence-electron chi connectivity index (χ3n) is 3.13. The summed E-state index contributed by atoms with van der Waals surface area (Å²) in [4.78, 5) is 0. The molecule has 0 fully saturated rings. The van der Waals surface area contributed by atoms with E-state index < -0.39 is 23.7 Å². The van der Waals surface area contributed by atoms with Crippen LogP contribution in [0, 0.1) is 12.7 Å². The summed E-state index contributed by atoms with van der Waals surface area (Å²) in [6.45, 7) is 1.73. The number of halogens is 5. The highest BCUT2D eigenvalue weighted by atomic mass is 35.5. The zero-order chi connectivity index (χ0) is 15.8. The van der Waals surface area contributed by atoms with Crippen molar-refractivity contribution in [3.8, 4) is 0 Å². The van der Waals surface area contributed by atoms with Gasteiger partial charge in [0.05, 0.1) is 5.56 Å². The molecule has 2 aromatic carbocycles. The molecule has 1 nitrogen and oxygen atoms in total. The van der Waals surface area contributed by atoms with Crippen LogP contribution < -0.4 is 0 Å². The molecule has 2 aromatic rings. The number of alkyl halides is 3. The van der Waals surface area contributed by atoms with Gasteiger partial charge in [0.15, 0.2) is 0 Å². The zero-order valence-corrected chi connectivity index (χ0v) is 11.6. The highest BCUT2D eigenvalue weighted by Gasteiger charge is 2.34. The Bertz CT molecular complexity index is 667. The molecule has 0 amide bonds. The van der Waals surface area contributed by atoms with Crippen molar-refractivity contribution < 1.29 is 22.7 Å². The second-order valence-electron chi connectivity index (χ2n) is 4.62. The van der Waals surface area contributed by atoms with Crippen LogP contribution in [0.4, 0.5) is 17.6 Å². The largest absolute Gasteiger partial charge is 0.419 e. The summed E-state index contributed by atoms with van der Waals surface area (Å²) < 4.78 is 51.0. The van der Waals surface area contributed by atoms with Gasteiger partial charge in [-0.25, -0.2) is 4.39 Å². The van der Waals surface area contributed by atoms with Crippen molar-refractivity contribution in [2.24, 2.45) is 0 Å². The molecule has 1 unspecified atom stereocenters. The molecule has 0 aliphatic rings. The van der Waals surface area contributed by atoms with Crippen molar-refractivity contribution in [1.29, 1.82) is 0 Å². The zero-order valence-electron chi connectivity index (χ0n) is 10.9. The maximum absolute atomic E-state index is 13.5. The smallest absolute Gasteiger partial charge is 0.384 e. The van der Waals surface area contributed by atoms with Crippen LogP contribution in [-0.4, -0.2) is 5.11 Å². The van der Waals surface area contributed by atoms with Gasteiger partial charge < -0.3 is 5.11 Å². The number of hydrogen-bond acceptors (Lipinski definition) is 1. The Hall–Kier alpha value is -1.59. The lowest BCUT2D eigenvalue weighted by molar-refractivity contribution is -0.140. The van der Waals surface area contributed by atoms with Crippen LogP contribution in [0.3, 0.4) is 0 Å². The van der Waals surface area contributed by atoms with E-state index in [1.165, 1.54) is 6.07 Å². The molecule has 6 heteroatoms. The van der Waals surface area contributed by atoms with E-state index in [-0.39, 0.29) is 5.56 Å². The van der Waals surface area contributed by atoms with E-state index in [1.54, 1.807) is 19.1 Å². The van der Waals surface area contributed by atoms with Crippen LogP contribution in [0.15, 0.2) is 36.4 Å². The third kappa shape index (κ3) is 3.19. The standard InChI is InChI=1S/C15H11ClF4O/c1-8-3-2-4-10(13(8)16)14(21)9-5-6-11(12(17)7-9)15(18,19)20/h2-7,14,21H,1H3. The molecular formula is C15H11ClF4O. The normalized spacial score (nSPS) is 13.3. The molecule has 0 radical (unpaired) electrons. The molecule has 0 aliphatic carbocycles. The fourth-order valence-electron chi connectivity index (χ4n) is 1.99. The van der Waals surface area contributed by atoms with Crippen LogP contribution in [0.2, 0.25) is 5.02 Å². The van der Waals surface area contributed by atoms with Crippen molar-refractivity contribution in [2.75, 3.05) is 0 Å². The molecule has 0 spiro atoms. The van der Waals surface area contributed by atoms with E-state index in [4.69, 9.17) is 11.6 Å². The minimum Gasteiger partial charge on any atom is -0.384 e. The van der Waals surface area contributed by atoms with Crippen LogP contribution >= 0.6 is 11.6 Å². The predicted octanol–water partition coefficient (Wildman–Crippen LogP) is 4.89. The lowest BCUT2D eigenvalue weighted by atomic mass is 9.98. The van der Waals surface area contributed by atoms with Gasteiger partial charge in [0, 0.05) is 10.6 Å². The topological polar surface area (TPSA) is 20.2 Å². The minimum absolute atomic E-state index is 0.00741. The lowest BCUT2D eigenvalue weighted by Crippen LogP contribution is -2.10. The molecule has 0 bridgehead atoms. The van der Waals surface area contributed by atoms with Gasteiger partial charge >= 0.3 is 6.18 Å². The molecule has 21 heavy (non-hydrogen) atoms. The fourth-order valence-corrected chi connectivity index (χ4v) is 2.22. The van der Waals surface area contributed by atoms with Gasteiger partial charge in [-0.05, 0) is 30.2 Å². The second kappa shape index (κ2) is 5.66. The van der Waals surface area contributed by atoms with Crippen molar-refractivity contribution in [3.05, 3.63) is 69.5 Å². The Labute approximate surface area is 123 Å². The Morgan fingerprint density at radius 1 is 1.14 bits per heavy atom. The first-order valence-electron chi connectivity index (χ1n) is 6.01. The Morgan fingerprint density at radius 2 is 1.81 bits per heavy atom. The first-order valence-corrected chi connectivity index (χ1v) is 6.39. The summed E-state index contributed by atoms with van der Waals surface area (Å²) in [7, 11) is 0.